The SMILES string of the molecule is Cc1ccc(S(=O)(=O)N(C)C)cc1-c1cccc(C[C@H](NC(=O)C2CCC(CN)CC2)C(=O)Nc2ccc3[nH]c(=O)[nH]c3c2)c1.Cl. The summed E-state index contributed by atoms with van der Waals surface area (Å²) in [5, 5.41) is 5.91. The number of hydrogen-bond donors (Lipinski definition) is 5. The van der Waals surface area contributed by atoms with Crippen LogP contribution in [0.15, 0.2) is 70.4 Å². The molecule has 1 aromatic heterocycles. The number of benzene rings is 3. The Balaban J connectivity index is 0.00000480. The first-order chi connectivity index (χ1) is 21.4. The molecular weight excluding hydrogens is 628 g/mol. The summed E-state index contributed by atoms with van der Waals surface area (Å²) in [7, 11) is -0.643. The molecule has 4 aromatic rings. The monoisotopic (exact) mass is 668 g/mol. The zero-order valence-corrected chi connectivity index (χ0v) is 27.8. The molecule has 0 aliphatic heterocycles. The van der Waals surface area contributed by atoms with E-state index >= 15 is 0 Å². The summed E-state index contributed by atoms with van der Waals surface area (Å²) in [6.07, 6.45) is 3.41. The van der Waals surface area contributed by atoms with Gasteiger partial charge in [-0.1, -0.05) is 30.3 Å². The predicted molar refractivity (Wildman–Crippen MR) is 182 cm³/mol. The van der Waals surface area contributed by atoms with Crippen molar-refractivity contribution in [2.75, 3.05) is 26.0 Å². The molecule has 0 bridgehead atoms. The van der Waals surface area contributed by atoms with Crippen LogP contribution in [0.1, 0.15) is 36.8 Å². The maximum atomic E-state index is 13.7. The van der Waals surface area contributed by atoms with Gasteiger partial charge in [0.1, 0.15) is 6.04 Å². The van der Waals surface area contributed by atoms with Crippen molar-refractivity contribution in [3.05, 3.63) is 82.3 Å². The average molecular weight is 669 g/mol. The van der Waals surface area contributed by atoms with E-state index in [0.29, 0.717) is 29.2 Å². The first-order valence-corrected chi connectivity index (χ1v) is 16.5. The summed E-state index contributed by atoms with van der Waals surface area (Å²) >= 11 is 0. The normalized spacial score (nSPS) is 17.3. The van der Waals surface area contributed by atoms with Gasteiger partial charge in [-0.25, -0.2) is 17.5 Å². The number of fused-ring (bicyclic) bond motifs is 1. The third-order valence-electron chi connectivity index (χ3n) is 8.63. The Kier molecular flexibility index (Phi) is 11.1. The number of nitrogens with zero attached hydrogens (tertiary/aromatic N) is 1. The highest BCUT2D eigenvalue weighted by atomic mass is 35.5. The van der Waals surface area contributed by atoms with E-state index in [1.807, 2.05) is 31.2 Å². The zero-order chi connectivity index (χ0) is 32.3. The molecule has 1 fully saturated rings. The molecule has 11 nitrogen and oxygen atoms in total. The fourth-order valence-corrected chi connectivity index (χ4v) is 6.81. The number of H-pyrrole nitrogens is 2. The lowest BCUT2D eigenvalue weighted by molar-refractivity contribution is -0.130. The first kappa shape index (κ1) is 34.9. The molecular formula is C33H41ClN6O5S. The summed E-state index contributed by atoms with van der Waals surface area (Å²) in [5.41, 5.74) is 10.4. The molecule has 246 valence electrons. The van der Waals surface area contributed by atoms with Crippen LogP contribution in [0.2, 0.25) is 0 Å². The van der Waals surface area contributed by atoms with Crippen molar-refractivity contribution in [1.82, 2.24) is 19.6 Å². The largest absolute Gasteiger partial charge is 0.344 e. The fourth-order valence-electron chi connectivity index (χ4n) is 5.88. The predicted octanol–water partition coefficient (Wildman–Crippen LogP) is 3.93. The van der Waals surface area contributed by atoms with Gasteiger partial charge in [0.25, 0.3) is 0 Å². The lowest BCUT2D eigenvalue weighted by Crippen LogP contribution is -2.48. The van der Waals surface area contributed by atoms with Crippen LogP contribution in [0.4, 0.5) is 5.69 Å². The molecule has 5 rings (SSSR count). The lowest BCUT2D eigenvalue weighted by atomic mass is 9.81. The van der Waals surface area contributed by atoms with Gasteiger partial charge in [-0.3, -0.25) is 9.59 Å². The van der Waals surface area contributed by atoms with Gasteiger partial charge < -0.3 is 26.3 Å². The minimum Gasteiger partial charge on any atom is -0.344 e. The van der Waals surface area contributed by atoms with Crippen LogP contribution >= 0.6 is 12.4 Å². The van der Waals surface area contributed by atoms with Crippen molar-refractivity contribution in [1.29, 1.82) is 0 Å². The molecule has 2 amide bonds. The number of rotatable bonds is 10. The summed E-state index contributed by atoms with van der Waals surface area (Å²) in [5.74, 6) is -0.332. The number of hydrogen-bond acceptors (Lipinski definition) is 6. The Bertz CT molecular complexity index is 1880. The van der Waals surface area contributed by atoms with Gasteiger partial charge in [-0.15, -0.1) is 12.4 Å². The van der Waals surface area contributed by atoms with Gasteiger partial charge in [-0.2, -0.15) is 0 Å². The van der Waals surface area contributed by atoms with Crippen molar-refractivity contribution >= 4 is 51.0 Å². The van der Waals surface area contributed by atoms with Crippen LogP contribution in [0.25, 0.3) is 22.2 Å². The first-order valence-electron chi connectivity index (χ1n) is 15.1. The molecule has 3 aromatic carbocycles. The van der Waals surface area contributed by atoms with Crippen LogP contribution in [0.3, 0.4) is 0 Å². The highest BCUT2D eigenvalue weighted by molar-refractivity contribution is 7.89. The maximum Gasteiger partial charge on any atom is 0.323 e. The standard InChI is InChI=1S/C33H40N6O5S.ClH/c1-20-7-13-26(45(43,44)39(2)3)18-27(20)24-6-4-5-22(15-24)16-30(36-31(40)23-10-8-21(19-34)9-11-23)32(41)35-25-12-14-28-29(17-25)38-33(42)37-28;/h4-7,12-15,17-18,21,23,30H,8-11,16,19,34H2,1-3H3,(H,35,41)(H,36,40)(H2,37,38,42);1H/t21?,23?,30-;/m0./s1. The molecule has 1 saturated carbocycles. The fraction of sp³-hybridized carbons (Fsp3) is 0.364. The van der Waals surface area contributed by atoms with Crippen LogP contribution in [0.5, 0.6) is 0 Å². The minimum absolute atomic E-state index is 0. The third-order valence-corrected chi connectivity index (χ3v) is 10.4. The van der Waals surface area contributed by atoms with E-state index in [-0.39, 0.29) is 41.2 Å². The maximum absolute atomic E-state index is 13.7. The number of carbonyl (C=O) groups is 2. The van der Waals surface area contributed by atoms with Gasteiger partial charge in [0, 0.05) is 32.1 Å². The van der Waals surface area contributed by atoms with E-state index in [1.165, 1.54) is 18.4 Å². The van der Waals surface area contributed by atoms with Crippen molar-refractivity contribution in [2.24, 2.45) is 17.6 Å². The van der Waals surface area contributed by atoms with E-state index in [0.717, 1.165) is 47.9 Å². The Morgan fingerprint density at radius 1 is 0.978 bits per heavy atom. The lowest BCUT2D eigenvalue weighted by Gasteiger charge is -2.28. The second-order valence-corrected chi connectivity index (χ2v) is 14.2. The van der Waals surface area contributed by atoms with E-state index in [4.69, 9.17) is 5.73 Å². The molecule has 0 saturated heterocycles. The Hall–Kier alpha value is -3.97. The molecule has 1 atom stereocenters. The number of amides is 2. The van der Waals surface area contributed by atoms with Crippen LogP contribution in [0, 0.1) is 18.8 Å². The third kappa shape index (κ3) is 7.87. The van der Waals surface area contributed by atoms with Gasteiger partial charge in [0.05, 0.1) is 15.9 Å². The number of sulfonamides is 1. The Morgan fingerprint density at radius 3 is 2.39 bits per heavy atom. The van der Waals surface area contributed by atoms with Gasteiger partial charge in [-0.05, 0) is 97.7 Å². The summed E-state index contributed by atoms with van der Waals surface area (Å²) in [6.45, 7) is 2.52. The summed E-state index contributed by atoms with van der Waals surface area (Å²) in [4.78, 5) is 44.4. The molecule has 1 aliphatic carbocycles. The summed E-state index contributed by atoms with van der Waals surface area (Å²) in [6, 6.07) is 16.8. The van der Waals surface area contributed by atoms with Crippen LogP contribution in [-0.4, -0.2) is 61.2 Å². The van der Waals surface area contributed by atoms with Gasteiger partial charge in [0.15, 0.2) is 0 Å². The number of nitrogens with two attached hydrogens (primary N) is 1. The minimum atomic E-state index is -3.63. The van der Waals surface area contributed by atoms with E-state index in [1.54, 1.807) is 36.4 Å². The smallest absolute Gasteiger partial charge is 0.323 e. The number of aryl methyl sites for hydroxylation is 1. The highest BCUT2D eigenvalue weighted by Crippen LogP contribution is 2.30. The Labute approximate surface area is 274 Å². The molecule has 6 N–H and O–H groups in total. The molecule has 1 aliphatic rings. The van der Waals surface area contributed by atoms with E-state index in [9.17, 15) is 22.8 Å². The molecule has 13 heteroatoms. The van der Waals surface area contributed by atoms with E-state index < -0.39 is 22.0 Å². The number of nitrogens with one attached hydrogen (secondary N) is 4. The molecule has 0 radical (unpaired) electrons. The van der Waals surface area contributed by atoms with Gasteiger partial charge in [0.2, 0.25) is 21.8 Å². The topological polar surface area (TPSA) is 170 Å². The zero-order valence-electron chi connectivity index (χ0n) is 26.1. The number of aromatic amines is 2. The highest BCUT2D eigenvalue weighted by Gasteiger charge is 2.29. The van der Waals surface area contributed by atoms with Crippen molar-refractivity contribution < 1.29 is 18.0 Å². The second kappa shape index (κ2) is 14.6. The molecule has 46 heavy (non-hydrogen) atoms. The molecule has 1 heterocycles. The quantitative estimate of drug-likeness (QED) is 0.171. The Morgan fingerprint density at radius 2 is 1.70 bits per heavy atom. The van der Waals surface area contributed by atoms with Crippen molar-refractivity contribution in [3.8, 4) is 11.1 Å². The number of anilines is 1. The average Bonchev–Trinajstić information content (AvgIpc) is 3.40. The number of carbonyl (C=O) groups excluding carboxylic acids is 2. The van der Waals surface area contributed by atoms with Crippen LogP contribution in [-0.2, 0) is 26.0 Å². The van der Waals surface area contributed by atoms with Crippen molar-refractivity contribution in [2.45, 2.75) is 50.0 Å². The van der Waals surface area contributed by atoms with Gasteiger partial charge >= 0.3 is 5.69 Å². The van der Waals surface area contributed by atoms with Crippen molar-refractivity contribution in [3.63, 3.8) is 0 Å². The summed E-state index contributed by atoms with van der Waals surface area (Å²) < 4.78 is 26.8. The number of aromatic nitrogens is 2. The number of imidazole rings is 1. The van der Waals surface area contributed by atoms with Crippen LogP contribution < -0.4 is 22.1 Å². The second-order valence-electron chi connectivity index (χ2n) is 12.0. The molecule has 0 unspecified atom stereocenters. The van der Waals surface area contributed by atoms with E-state index in [2.05, 4.69) is 20.6 Å². The molecule has 0 spiro atoms. The number of halogens is 1.